The Kier molecular flexibility index (Phi) is 3.32. The van der Waals surface area contributed by atoms with E-state index in [1.165, 1.54) is 0 Å². The molecular weight excluding hydrogens is 290 g/mol. The number of nitrogens with zero attached hydrogens (tertiary/aromatic N) is 2. The van der Waals surface area contributed by atoms with Crippen LogP contribution in [0.4, 0.5) is 5.82 Å². The van der Waals surface area contributed by atoms with Gasteiger partial charge in [-0.2, -0.15) is 5.10 Å². The summed E-state index contributed by atoms with van der Waals surface area (Å²) in [5, 5.41) is 16.1. The Labute approximate surface area is 106 Å². The first-order valence-corrected chi connectivity index (χ1v) is 6.44. The average molecular weight is 302 g/mol. The van der Waals surface area contributed by atoms with Crippen LogP contribution in [0.15, 0.2) is 22.1 Å². The van der Waals surface area contributed by atoms with Crippen LogP contribution in [0.5, 0.6) is 0 Å². The number of thiophene rings is 1. The van der Waals surface area contributed by atoms with Gasteiger partial charge in [0.15, 0.2) is 0 Å². The van der Waals surface area contributed by atoms with E-state index in [0.717, 1.165) is 9.35 Å². The van der Waals surface area contributed by atoms with Gasteiger partial charge in [0, 0.05) is 28.4 Å². The number of hydrogen-bond donors (Lipinski definition) is 2. The quantitative estimate of drug-likeness (QED) is 0.912. The maximum absolute atomic E-state index is 10.1. The Bertz CT molecular complexity index is 494. The number of aromatic nitrogens is 2. The van der Waals surface area contributed by atoms with Gasteiger partial charge in [-0.05, 0) is 27.4 Å². The van der Waals surface area contributed by atoms with Crippen LogP contribution in [-0.4, -0.2) is 14.9 Å². The molecule has 4 nitrogen and oxygen atoms in total. The van der Waals surface area contributed by atoms with Crippen molar-refractivity contribution in [1.29, 1.82) is 0 Å². The number of hydrogen-bond acceptors (Lipinski definition) is 4. The summed E-state index contributed by atoms with van der Waals surface area (Å²) < 4.78 is 2.58. The Balaban J connectivity index is 2.18. The molecule has 0 amide bonds. The van der Waals surface area contributed by atoms with Crippen LogP contribution in [0.25, 0.3) is 0 Å². The summed E-state index contributed by atoms with van der Waals surface area (Å²) in [5.41, 5.74) is 6.49. The van der Waals surface area contributed by atoms with Crippen LogP contribution in [0.2, 0.25) is 0 Å². The van der Waals surface area contributed by atoms with Crippen LogP contribution < -0.4 is 5.73 Å². The maximum Gasteiger partial charge on any atom is 0.127 e. The van der Waals surface area contributed by atoms with Gasteiger partial charge in [0.2, 0.25) is 0 Å². The van der Waals surface area contributed by atoms with Gasteiger partial charge in [0.25, 0.3) is 0 Å². The number of halogens is 1. The molecule has 0 aliphatic rings. The predicted octanol–water partition coefficient (Wildman–Crippen LogP) is 2.10. The van der Waals surface area contributed by atoms with Gasteiger partial charge in [0.05, 0.1) is 12.3 Å². The third kappa shape index (κ3) is 2.14. The van der Waals surface area contributed by atoms with E-state index in [2.05, 4.69) is 21.0 Å². The van der Waals surface area contributed by atoms with Gasteiger partial charge < -0.3 is 10.8 Å². The molecule has 0 bridgehead atoms. The average Bonchev–Trinajstić information content (AvgIpc) is 2.77. The van der Waals surface area contributed by atoms with Crippen molar-refractivity contribution in [2.45, 2.75) is 12.5 Å². The van der Waals surface area contributed by atoms with Gasteiger partial charge in [-0.15, -0.1) is 11.3 Å². The summed E-state index contributed by atoms with van der Waals surface area (Å²) in [5.74, 6) is 0.514. The monoisotopic (exact) mass is 301 g/mol. The molecule has 2 aromatic heterocycles. The van der Waals surface area contributed by atoms with Crippen molar-refractivity contribution in [2.75, 3.05) is 5.73 Å². The number of aliphatic hydroxyl groups excluding tert-OH is 1. The molecule has 3 N–H and O–H groups in total. The molecule has 6 heteroatoms. The van der Waals surface area contributed by atoms with Crippen molar-refractivity contribution in [1.82, 2.24) is 9.78 Å². The predicted molar refractivity (Wildman–Crippen MR) is 68.3 cm³/mol. The van der Waals surface area contributed by atoms with Gasteiger partial charge in [-0.3, -0.25) is 4.68 Å². The number of rotatable bonds is 3. The van der Waals surface area contributed by atoms with E-state index >= 15 is 0 Å². The van der Waals surface area contributed by atoms with Crippen molar-refractivity contribution in [3.63, 3.8) is 0 Å². The minimum absolute atomic E-state index is 0.514. The molecule has 0 aliphatic carbocycles. The normalized spacial score (nSPS) is 12.9. The van der Waals surface area contributed by atoms with Crippen LogP contribution >= 0.6 is 27.3 Å². The van der Waals surface area contributed by atoms with Crippen LogP contribution in [-0.2, 0) is 13.5 Å². The second-order valence-corrected chi connectivity index (χ2v) is 5.38. The van der Waals surface area contributed by atoms with Crippen molar-refractivity contribution in [3.05, 3.63) is 32.6 Å². The third-order valence-electron chi connectivity index (χ3n) is 2.44. The summed E-state index contributed by atoms with van der Waals surface area (Å²) >= 11 is 5.05. The Morgan fingerprint density at radius 2 is 2.44 bits per heavy atom. The fourth-order valence-corrected chi connectivity index (χ4v) is 3.03. The smallest absolute Gasteiger partial charge is 0.127 e. The number of aryl methyl sites for hydroxylation is 1. The fourth-order valence-electron chi connectivity index (χ4n) is 1.48. The van der Waals surface area contributed by atoms with E-state index in [1.807, 2.05) is 11.4 Å². The van der Waals surface area contributed by atoms with Gasteiger partial charge in [-0.25, -0.2) is 0 Å². The fraction of sp³-hybridized carbons (Fsp3) is 0.300. The number of nitrogen functional groups attached to an aromatic ring is 1. The van der Waals surface area contributed by atoms with Gasteiger partial charge in [-0.1, -0.05) is 0 Å². The lowest BCUT2D eigenvalue weighted by molar-refractivity contribution is 0.180. The van der Waals surface area contributed by atoms with Crippen molar-refractivity contribution >= 4 is 33.1 Å². The van der Waals surface area contributed by atoms with Gasteiger partial charge >= 0.3 is 0 Å². The van der Waals surface area contributed by atoms with Crippen LogP contribution in [0.1, 0.15) is 16.5 Å². The molecule has 16 heavy (non-hydrogen) atoms. The highest BCUT2D eigenvalue weighted by atomic mass is 79.9. The number of nitrogens with two attached hydrogens (primary N) is 1. The zero-order valence-electron chi connectivity index (χ0n) is 8.72. The summed E-state index contributed by atoms with van der Waals surface area (Å²) in [6.07, 6.45) is 1.55. The first-order valence-electron chi connectivity index (χ1n) is 4.77. The maximum atomic E-state index is 10.1. The molecule has 0 saturated heterocycles. The van der Waals surface area contributed by atoms with E-state index in [9.17, 15) is 5.11 Å². The summed E-state index contributed by atoms with van der Waals surface area (Å²) in [6, 6.07) is 1.97. The molecule has 0 fully saturated rings. The summed E-state index contributed by atoms with van der Waals surface area (Å²) in [4.78, 5) is 1.11. The van der Waals surface area contributed by atoms with E-state index in [-0.39, 0.29) is 0 Å². The topological polar surface area (TPSA) is 64.1 Å². The minimum Gasteiger partial charge on any atom is -0.388 e. The lowest BCUT2D eigenvalue weighted by atomic mass is 10.1. The number of aliphatic hydroxyl groups is 1. The van der Waals surface area contributed by atoms with Crippen molar-refractivity contribution < 1.29 is 5.11 Å². The second-order valence-electron chi connectivity index (χ2n) is 3.52. The van der Waals surface area contributed by atoms with Gasteiger partial charge in [0.1, 0.15) is 5.82 Å². The molecule has 2 heterocycles. The molecule has 2 aromatic rings. The van der Waals surface area contributed by atoms with Crippen molar-refractivity contribution in [2.24, 2.45) is 7.05 Å². The summed E-state index contributed by atoms with van der Waals surface area (Å²) in [7, 11) is 1.76. The number of anilines is 1. The highest BCUT2D eigenvalue weighted by Crippen LogP contribution is 2.29. The molecule has 86 valence electrons. The highest BCUT2D eigenvalue weighted by Gasteiger charge is 2.16. The standard InChI is InChI=1S/C10H12BrN3OS/c1-14-10(12)6(5-13-14)8(15)4-9-7(11)2-3-16-9/h2-3,5,8,15H,4,12H2,1H3. The molecule has 0 spiro atoms. The lowest BCUT2D eigenvalue weighted by Crippen LogP contribution is -2.05. The molecule has 1 atom stereocenters. The SMILES string of the molecule is Cn1ncc(C(O)Cc2sccc2Br)c1N. The zero-order chi connectivity index (χ0) is 11.7. The third-order valence-corrected chi connectivity index (χ3v) is 4.39. The molecule has 1 unspecified atom stereocenters. The minimum atomic E-state index is -0.608. The van der Waals surface area contributed by atoms with Crippen LogP contribution in [0.3, 0.4) is 0 Å². The highest BCUT2D eigenvalue weighted by molar-refractivity contribution is 9.10. The molecule has 0 aliphatic heterocycles. The molecule has 2 rings (SSSR count). The van der Waals surface area contributed by atoms with E-state index < -0.39 is 6.10 Å². The Morgan fingerprint density at radius 3 is 2.94 bits per heavy atom. The summed E-state index contributed by atoms with van der Waals surface area (Å²) in [6.45, 7) is 0. The van der Waals surface area contributed by atoms with E-state index in [0.29, 0.717) is 17.8 Å². The van der Waals surface area contributed by atoms with E-state index in [4.69, 9.17) is 5.73 Å². The molecule has 0 radical (unpaired) electrons. The van der Waals surface area contributed by atoms with Crippen LogP contribution in [0, 0.1) is 0 Å². The first-order chi connectivity index (χ1) is 7.59. The Hall–Kier alpha value is -0.850. The molecular formula is C10H12BrN3OS. The first kappa shape index (κ1) is 11.6. The second kappa shape index (κ2) is 4.57. The molecule has 0 saturated carbocycles. The van der Waals surface area contributed by atoms with E-state index in [1.54, 1.807) is 29.3 Å². The largest absolute Gasteiger partial charge is 0.388 e. The molecule has 0 aromatic carbocycles. The Morgan fingerprint density at radius 1 is 1.69 bits per heavy atom. The zero-order valence-corrected chi connectivity index (χ0v) is 11.1. The lowest BCUT2D eigenvalue weighted by Gasteiger charge is -2.09. The van der Waals surface area contributed by atoms with Crippen molar-refractivity contribution in [3.8, 4) is 0 Å².